The molecule has 0 radical (unpaired) electrons. The van der Waals surface area contributed by atoms with Crippen molar-refractivity contribution in [3.8, 4) is 5.75 Å². The maximum Gasteiger partial charge on any atom is 0.355 e. The molecule has 0 aliphatic rings. The van der Waals surface area contributed by atoms with Crippen LogP contribution in [0.25, 0.3) is 0 Å². The van der Waals surface area contributed by atoms with E-state index in [4.69, 9.17) is 9.47 Å². The molecule has 0 unspecified atom stereocenters. The SMILES string of the molecule is CCOC(=O)C/C(=N\NC(=O)c1ccccc1O)C(=O)OCC. The monoisotopic (exact) mass is 322 g/mol. The van der Waals surface area contributed by atoms with Crippen molar-refractivity contribution in [1.29, 1.82) is 0 Å². The quantitative estimate of drug-likeness (QED) is 0.439. The molecule has 2 N–H and O–H groups in total. The first-order chi connectivity index (χ1) is 11.0. The molecule has 0 heterocycles. The lowest BCUT2D eigenvalue weighted by Gasteiger charge is -2.07. The van der Waals surface area contributed by atoms with Crippen molar-refractivity contribution in [2.24, 2.45) is 5.10 Å². The number of ether oxygens (including phenoxy) is 2. The van der Waals surface area contributed by atoms with Gasteiger partial charge in [0.2, 0.25) is 0 Å². The lowest BCUT2D eigenvalue weighted by molar-refractivity contribution is -0.143. The van der Waals surface area contributed by atoms with Crippen LogP contribution in [0.2, 0.25) is 0 Å². The minimum absolute atomic E-state index is 0.0180. The lowest BCUT2D eigenvalue weighted by Crippen LogP contribution is -2.27. The van der Waals surface area contributed by atoms with Crippen molar-refractivity contribution in [3.05, 3.63) is 29.8 Å². The van der Waals surface area contributed by atoms with Gasteiger partial charge in [0.05, 0.1) is 25.2 Å². The Morgan fingerprint density at radius 1 is 1.13 bits per heavy atom. The van der Waals surface area contributed by atoms with E-state index in [1.54, 1.807) is 26.0 Å². The van der Waals surface area contributed by atoms with Gasteiger partial charge in [0.25, 0.3) is 5.91 Å². The van der Waals surface area contributed by atoms with Gasteiger partial charge in [0.15, 0.2) is 5.71 Å². The van der Waals surface area contributed by atoms with Crippen molar-refractivity contribution in [1.82, 2.24) is 5.43 Å². The number of hydrazone groups is 1. The molecule has 0 atom stereocenters. The lowest BCUT2D eigenvalue weighted by atomic mass is 10.2. The number of rotatable bonds is 7. The van der Waals surface area contributed by atoms with Crippen LogP contribution >= 0.6 is 0 Å². The fraction of sp³-hybridized carbons (Fsp3) is 0.333. The maximum absolute atomic E-state index is 11.9. The Morgan fingerprint density at radius 2 is 1.78 bits per heavy atom. The second-order valence-electron chi connectivity index (χ2n) is 4.22. The zero-order valence-corrected chi connectivity index (χ0v) is 12.9. The molecule has 1 amide bonds. The number of aromatic hydroxyl groups is 1. The fourth-order valence-corrected chi connectivity index (χ4v) is 1.56. The number of amides is 1. The molecule has 0 aliphatic carbocycles. The van der Waals surface area contributed by atoms with Crippen LogP contribution in [0.15, 0.2) is 29.4 Å². The van der Waals surface area contributed by atoms with Gasteiger partial charge in [-0.05, 0) is 26.0 Å². The number of para-hydroxylation sites is 1. The summed E-state index contributed by atoms with van der Waals surface area (Å²) in [5.41, 5.74) is 1.79. The first kappa shape index (κ1) is 18.1. The van der Waals surface area contributed by atoms with Crippen LogP contribution in [0.5, 0.6) is 5.75 Å². The zero-order valence-electron chi connectivity index (χ0n) is 12.9. The highest BCUT2D eigenvalue weighted by molar-refractivity contribution is 6.39. The first-order valence-electron chi connectivity index (χ1n) is 6.97. The summed E-state index contributed by atoms with van der Waals surface area (Å²) >= 11 is 0. The molecule has 8 heteroatoms. The third-order valence-corrected chi connectivity index (χ3v) is 2.57. The van der Waals surface area contributed by atoms with Gasteiger partial charge in [-0.1, -0.05) is 12.1 Å². The third-order valence-electron chi connectivity index (χ3n) is 2.57. The van der Waals surface area contributed by atoms with Crippen molar-refractivity contribution in [2.75, 3.05) is 13.2 Å². The van der Waals surface area contributed by atoms with Gasteiger partial charge < -0.3 is 14.6 Å². The molecule has 124 valence electrons. The predicted molar refractivity (Wildman–Crippen MR) is 80.9 cm³/mol. The van der Waals surface area contributed by atoms with Crippen LogP contribution in [0.4, 0.5) is 0 Å². The topological polar surface area (TPSA) is 114 Å². The van der Waals surface area contributed by atoms with Crippen LogP contribution in [0.1, 0.15) is 30.6 Å². The Hall–Kier alpha value is -2.90. The van der Waals surface area contributed by atoms with Gasteiger partial charge >= 0.3 is 11.9 Å². The summed E-state index contributed by atoms with van der Waals surface area (Å²) in [5.74, 6) is -2.47. The fourth-order valence-electron chi connectivity index (χ4n) is 1.56. The van der Waals surface area contributed by atoms with Crippen LogP contribution in [0.3, 0.4) is 0 Å². The Morgan fingerprint density at radius 3 is 2.39 bits per heavy atom. The highest BCUT2D eigenvalue weighted by Gasteiger charge is 2.19. The summed E-state index contributed by atoms with van der Waals surface area (Å²) in [5, 5.41) is 13.2. The molecule has 0 saturated heterocycles. The number of carbonyl (C=O) groups excluding carboxylic acids is 3. The van der Waals surface area contributed by atoms with Gasteiger partial charge in [-0.25, -0.2) is 10.2 Å². The molecular weight excluding hydrogens is 304 g/mol. The summed E-state index contributed by atoms with van der Waals surface area (Å²) in [6, 6.07) is 5.84. The van der Waals surface area contributed by atoms with Crippen LogP contribution in [-0.4, -0.2) is 41.9 Å². The molecule has 0 spiro atoms. The standard InChI is InChI=1S/C15H18N2O6/c1-3-22-13(19)9-11(15(21)23-4-2)16-17-14(20)10-7-5-6-8-12(10)18/h5-8,18H,3-4,9H2,1-2H3,(H,17,20)/b16-11+. The average molecular weight is 322 g/mol. The summed E-state index contributed by atoms with van der Waals surface area (Å²) in [7, 11) is 0. The Bertz CT molecular complexity index is 612. The van der Waals surface area contributed by atoms with E-state index in [-0.39, 0.29) is 30.2 Å². The predicted octanol–water partition coefficient (Wildman–Crippen LogP) is 0.994. The Kier molecular flexibility index (Phi) is 7.25. The molecule has 0 fully saturated rings. The second kappa shape index (κ2) is 9.19. The Labute approximate surface area is 133 Å². The number of hydrogen-bond acceptors (Lipinski definition) is 7. The van der Waals surface area contributed by atoms with Crippen LogP contribution < -0.4 is 5.43 Å². The van der Waals surface area contributed by atoms with Gasteiger partial charge in [0, 0.05) is 0 Å². The zero-order chi connectivity index (χ0) is 17.2. The number of benzene rings is 1. The van der Waals surface area contributed by atoms with Gasteiger partial charge in [-0.2, -0.15) is 5.10 Å². The summed E-state index contributed by atoms with van der Waals surface area (Å²) < 4.78 is 9.50. The van der Waals surface area contributed by atoms with E-state index in [9.17, 15) is 19.5 Å². The number of carbonyl (C=O) groups is 3. The van der Waals surface area contributed by atoms with E-state index in [1.807, 2.05) is 0 Å². The minimum Gasteiger partial charge on any atom is -0.507 e. The van der Waals surface area contributed by atoms with Gasteiger partial charge in [-0.3, -0.25) is 9.59 Å². The van der Waals surface area contributed by atoms with E-state index < -0.39 is 24.3 Å². The van der Waals surface area contributed by atoms with E-state index in [2.05, 4.69) is 10.5 Å². The number of phenols is 1. The molecule has 1 aromatic carbocycles. The molecule has 0 saturated carbocycles. The molecule has 1 rings (SSSR count). The maximum atomic E-state index is 11.9. The highest BCUT2D eigenvalue weighted by atomic mass is 16.5. The number of nitrogens with one attached hydrogen (secondary N) is 1. The van der Waals surface area contributed by atoms with Crippen molar-refractivity contribution in [3.63, 3.8) is 0 Å². The smallest absolute Gasteiger partial charge is 0.355 e. The van der Waals surface area contributed by atoms with E-state index in [0.717, 1.165) is 0 Å². The van der Waals surface area contributed by atoms with Crippen molar-refractivity contribution >= 4 is 23.6 Å². The Balaban J connectivity index is 2.86. The summed E-state index contributed by atoms with van der Waals surface area (Å²) in [6.45, 7) is 3.47. The molecule has 0 bridgehead atoms. The highest BCUT2D eigenvalue weighted by Crippen LogP contribution is 2.14. The van der Waals surface area contributed by atoms with E-state index >= 15 is 0 Å². The minimum atomic E-state index is -0.835. The van der Waals surface area contributed by atoms with Crippen LogP contribution in [-0.2, 0) is 19.1 Å². The van der Waals surface area contributed by atoms with Gasteiger partial charge in [0.1, 0.15) is 5.75 Å². The molecule has 23 heavy (non-hydrogen) atoms. The molecule has 0 aromatic heterocycles. The third kappa shape index (κ3) is 5.77. The van der Waals surface area contributed by atoms with Gasteiger partial charge in [-0.15, -0.1) is 0 Å². The van der Waals surface area contributed by atoms with E-state index in [1.165, 1.54) is 12.1 Å². The number of phenolic OH excluding ortho intramolecular Hbond substituents is 1. The summed E-state index contributed by atoms with van der Waals surface area (Å²) in [6.07, 6.45) is -0.437. The first-order valence-corrected chi connectivity index (χ1v) is 6.97. The number of nitrogens with zero attached hydrogens (tertiary/aromatic N) is 1. The number of hydrogen-bond donors (Lipinski definition) is 2. The van der Waals surface area contributed by atoms with E-state index in [0.29, 0.717) is 0 Å². The molecule has 8 nitrogen and oxygen atoms in total. The molecular formula is C15H18N2O6. The van der Waals surface area contributed by atoms with Crippen molar-refractivity contribution < 1.29 is 29.0 Å². The normalized spacial score (nSPS) is 10.8. The average Bonchev–Trinajstić information content (AvgIpc) is 2.52. The molecule has 1 aromatic rings. The molecule has 0 aliphatic heterocycles. The van der Waals surface area contributed by atoms with Crippen molar-refractivity contribution in [2.45, 2.75) is 20.3 Å². The summed E-state index contributed by atoms with van der Waals surface area (Å²) in [4.78, 5) is 35.1. The second-order valence-corrected chi connectivity index (χ2v) is 4.22. The van der Waals surface area contributed by atoms with Crippen LogP contribution in [0, 0.1) is 0 Å². The number of esters is 2. The largest absolute Gasteiger partial charge is 0.507 e.